The van der Waals surface area contributed by atoms with Gasteiger partial charge in [0.25, 0.3) is 0 Å². The largest absolute Gasteiger partial charge is 0.399 e. The number of rotatable bonds is 6. The summed E-state index contributed by atoms with van der Waals surface area (Å²) in [7, 11) is 1.45. The molecule has 0 aliphatic carbocycles. The minimum absolute atomic E-state index is 0.443. The molecule has 26 heavy (non-hydrogen) atoms. The Morgan fingerprint density at radius 1 is 1.12 bits per heavy atom. The third kappa shape index (κ3) is 4.25. The van der Waals surface area contributed by atoms with Gasteiger partial charge in [-0.25, -0.2) is 9.67 Å². The normalized spacial score (nSPS) is 12.0. The first-order chi connectivity index (χ1) is 12.2. The molecule has 0 amide bonds. The molecule has 0 bridgehead atoms. The van der Waals surface area contributed by atoms with Crippen LogP contribution in [-0.4, -0.2) is 28.1 Å². The zero-order chi connectivity index (χ0) is 19.4. The molecule has 0 aliphatic heterocycles. The van der Waals surface area contributed by atoms with Gasteiger partial charge in [-0.1, -0.05) is 23.4 Å². The number of oxime groups is 1. The van der Waals surface area contributed by atoms with Crippen LogP contribution in [0.4, 0.5) is 0 Å². The molecule has 0 aliphatic rings. The quantitative estimate of drug-likeness (QED) is 0.589. The molecule has 7 heteroatoms. The van der Waals surface area contributed by atoms with Crippen molar-refractivity contribution in [2.24, 2.45) is 5.16 Å². The first kappa shape index (κ1) is 19.1. The lowest BCUT2D eigenvalue weighted by molar-refractivity contribution is 0.215. The van der Waals surface area contributed by atoms with E-state index in [1.807, 2.05) is 45.9 Å². The van der Waals surface area contributed by atoms with Gasteiger partial charge < -0.3 is 4.84 Å². The van der Waals surface area contributed by atoms with Gasteiger partial charge >= 0.3 is 0 Å². The van der Waals surface area contributed by atoms with Crippen molar-refractivity contribution in [3.63, 3.8) is 0 Å². The van der Waals surface area contributed by atoms with Gasteiger partial charge in [0.2, 0.25) is 0 Å². The Kier molecular flexibility index (Phi) is 5.42. The standard InChI is InChI=1S/C19H22N6O/c1-18(2,11-20)15-6-14(7-16(8-15)19(3,4)12-21)10-25-13-22-17(24-25)9-23-26-5/h6-9,13H,10H2,1-5H3/b23-9+. The molecule has 1 heterocycles. The maximum absolute atomic E-state index is 9.50. The number of nitriles is 2. The van der Waals surface area contributed by atoms with E-state index in [0.717, 1.165) is 16.7 Å². The number of hydrogen-bond acceptors (Lipinski definition) is 6. The van der Waals surface area contributed by atoms with Crippen LogP contribution in [0.25, 0.3) is 0 Å². The molecule has 0 spiro atoms. The molecule has 134 valence electrons. The summed E-state index contributed by atoms with van der Waals surface area (Å²) in [5, 5.41) is 26.9. The molecular weight excluding hydrogens is 328 g/mol. The van der Waals surface area contributed by atoms with E-state index in [9.17, 15) is 10.5 Å². The van der Waals surface area contributed by atoms with Crippen molar-refractivity contribution in [2.75, 3.05) is 7.11 Å². The van der Waals surface area contributed by atoms with Gasteiger partial charge in [-0.15, -0.1) is 5.10 Å². The zero-order valence-corrected chi connectivity index (χ0v) is 15.7. The maximum atomic E-state index is 9.50. The van der Waals surface area contributed by atoms with Crippen LogP contribution >= 0.6 is 0 Å². The minimum atomic E-state index is -0.658. The Morgan fingerprint density at radius 2 is 1.69 bits per heavy atom. The molecule has 0 saturated carbocycles. The summed E-state index contributed by atoms with van der Waals surface area (Å²) in [4.78, 5) is 8.77. The summed E-state index contributed by atoms with van der Waals surface area (Å²) < 4.78 is 1.68. The Hall–Kier alpha value is -3.19. The van der Waals surface area contributed by atoms with Gasteiger partial charge in [-0.05, 0) is 44.4 Å². The highest BCUT2D eigenvalue weighted by Crippen LogP contribution is 2.30. The minimum Gasteiger partial charge on any atom is -0.399 e. The zero-order valence-electron chi connectivity index (χ0n) is 15.7. The first-order valence-corrected chi connectivity index (χ1v) is 8.15. The van der Waals surface area contributed by atoms with Crippen molar-refractivity contribution in [1.29, 1.82) is 10.5 Å². The Balaban J connectivity index is 2.45. The third-order valence-corrected chi connectivity index (χ3v) is 4.17. The highest BCUT2D eigenvalue weighted by molar-refractivity contribution is 5.73. The predicted molar refractivity (Wildman–Crippen MR) is 97.4 cm³/mol. The molecule has 7 nitrogen and oxygen atoms in total. The van der Waals surface area contributed by atoms with Crippen molar-refractivity contribution in [3.05, 3.63) is 47.0 Å². The van der Waals surface area contributed by atoms with Crippen LogP contribution in [-0.2, 0) is 22.2 Å². The van der Waals surface area contributed by atoms with Gasteiger partial charge in [0, 0.05) is 0 Å². The van der Waals surface area contributed by atoms with Crippen LogP contribution < -0.4 is 0 Å². The number of aromatic nitrogens is 3. The van der Waals surface area contributed by atoms with Crippen LogP contribution in [0.1, 0.15) is 50.2 Å². The second kappa shape index (κ2) is 7.37. The Bertz CT molecular complexity index is 851. The highest BCUT2D eigenvalue weighted by Gasteiger charge is 2.26. The van der Waals surface area contributed by atoms with Crippen LogP contribution in [0, 0.1) is 22.7 Å². The van der Waals surface area contributed by atoms with Gasteiger partial charge in [0.15, 0.2) is 5.82 Å². The van der Waals surface area contributed by atoms with Gasteiger partial charge in [0.05, 0.1) is 29.5 Å². The van der Waals surface area contributed by atoms with E-state index < -0.39 is 10.8 Å². The molecule has 0 atom stereocenters. The van der Waals surface area contributed by atoms with Crippen molar-refractivity contribution < 1.29 is 4.84 Å². The summed E-state index contributed by atoms with van der Waals surface area (Å²) in [6, 6.07) is 10.5. The summed E-state index contributed by atoms with van der Waals surface area (Å²) in [5.74, 6) is 0.443. The fourth-order valence-electron chi connectivity index (χ4n) is 2.37. The van der Waals surface area contributed by atoms with E-state index in [1.54, 1.807) is 11.0 Å². The molecule has 2 aromatic rings. The third-order valence-electron chi connectivity index (χ3n) is 4.17. The molecule has 0 fully saturated rings. The monoisotopic (exact) mass is 350 g/mol. The lowest BCUT2D eigenvalue weighted by Gasteiger charge is -2.23. The highest BCUT2D eigenvalue weighted by atomic mass is 16.6. The first-order valence-electron chi connectivity index (χ1n) is 8.15. The average molecular weight is 350 g/mol. The van der Waals surface area contributed by atoms with E-state index in [2.05, 4.69) is 32.2 Å². The Morgan fingerprint density at radius 3 is 2.19 bits per heavy atom. The topological polar surface area (TPSA) is 99.9 Å². The van der Waals surface area contributed by atoms with E-state index in [0.29, 0.717) is 12.4 Å². The second-order valence-corrected chi connectivity index (χ2v) is 7.11. The van der Waals surface area contributed by atoms with Crippen molar-refractivity contribution in [1.82, 2.24) is 14.8 Å². The van der Waals surface area contributed by atoms with Crippen LogP contribution in [0.2, 0.25) is 0 Å². The lowest BCUT2D eigenvalue weighted by atomic mass is 9.79. The second-order valence-electron chi connectivity index (χ2n) is 7.11. The summed E-state index contributed by atoms with van der Waals surface area (Å²) >= 11 is 0. The van der Waals surface area contributed by atoms with Crippen LogP contribution in [0.5, 0.6) is 0 Å². The van der Waals surface area contributed by atoms with E-state index in [-0.39, 0.29) is 0 Å². The summed E-state index contributed by atoms with van der Waals surface area (Å²) in [6.45, 7) is 7.93. The SMILES string of the molecule is CO/N=C/c1ncn(Cc2cc(C(C)(C)C#N)cc(C(C)(C)C#N)c2)n1. The Labute approximate surface area is 153 Å². The molecule has 0 radical (unpaired) electrons. The molecule has 1 aromatic heterocycles. The molecule has 2 rings (SSSR count). The van der Waals surface area contributed by atoms with E-state index in [1.165, 1.54) is 13.3 Å². The molecule has 0 unspecified atom stereocenters. The van der Waals surface area contributed by atoms with Crippen molar-refractivity contribution in [2.45, 2.75) is 45.1 Å². The van der Waals surface area contributed by atoms with Crippen molar-refractivity contribution >= 4 is 6.21 Å². The molecule has 0 N–H and O–H groups in total. The van der Waals surface area contributed by atoms with Crippen molar-refractivity contribution in [3.8, 4) is 12.1 Å². The molecular formula is C19H22N6O. The average Bonchev–Trinajstić information content (AvgIpc) is 3.06. The van der Waals surface area contributed by atoms with E-state index >= 15 is 0 Å². The van der Waals surface area contributed by atoms with Gasteiger partial charge in [0.1, 0.15) is 19.7 Å². The van der Waals surface area contributed by atoms with Gasteiger partial charge in [-0.3, -0.25) is 0 Å². The van der Waals surface area contributed by atoms with Crippen LogP contribution in [0.15, 0.2) is 29.7 Å². The fraction of sp³-hybridized carbons (Fsp3) is 0.421. The fourth-order valence-corrected chi connectivity index (χ4v) is 2.37. The van der Waals surface area contributed by atoms with Gasteiger partial charge in [-0.2, -0.15) is 10.5 Å². The van der Waals surface area contributed by atoms with E-state index in [4.69, 9.17) is 0 Å². The molecule has 0 saturated heterocycles. The maximum Gasteiger partial charge on any atom is 0.195 e. The summed E-state index contributed by atoms with van der Waals surface area (Å²) in [5.41, 5.74) is 1.38. The molecule has 1 aromatic carbocycles. The number of benzene rings is 1. The number of hydrogen-bond donors (Lipinski definition) is 0. The number of nitrogens with zero attached hydrogens (tertiary/aromatic N) is 6. The summed E-state index contributed by atoms with van der Waals surface area (Å²) in [6.07, 6.45) is 3.03. The predicted octanol–water partition coefficient (Wildman–Crippen LogP) is 2.91. The van der Waals surface area contributed by atoms with Crippen LogP contribution in [0.3, 0.4) is 0 Å². The smallest absolute Gasteiger partial charge is 0.195 e. The lowest BCUT2D eigenvalue weighted by Crippen LogP contribution is -2.20.